The highest BCUT2D eigenvalue weighted by molar-refractivity contribution is 7.42. The molecule has 0 fully saturated rings. The predicted octanol–water partition coefficient (Wildman–Crippen LogP) is 2.87. The van der Waals surface area contributed by atoms with Crippen LogP contribution < -0.4 is 9.79 Å². The van der Waals surface area contributed by atoms with Gasteiger partial charge < -0.3 is 61.1 Å². The van der Waals surface area contributed by atoms with Crippen molar-refractivity contribution in [2.24, 2.45) is 0 Å². The van der Waals surface area contributed by atoms with Gasteiger partial charge in [-0.2, -0.15) is 0 Å². The van der Waals surface area contributed by atoms with Crippen LogP contribution in [0.15, 0.2) is 0 Å². The molecular formula is C32H85N2O10P. The summed E-state index contributed by atoms with van der Waals surface area (Å²) in [5.41, 5.74) is 0. The highest BCUT2D eigenvalue weighted by Crippen LogP contribution is 2.17. The van der Waals surface area contributed by atoms with Gasteiger partial charge in [0.2, 0.25) is 0 Å². The number of unbranched alkanes of at least 4 members (excludes halogenated alkanes) is 8. The number of hydrogen-bond acceptors (Lipinski definition) is 3. The first-order valence-corrected chi connectivity index (χ1v) is 18.4. The zero-order chi connectivity index (χ0) is 30.5. The second kappa shape index (κ2) is 45.9. The zero-order valence-electron chi connectivity index (χ0n) is 31.0. The Bertz CT molecular complexity index is 425. The van der Waals surface area contributed by atoms with Crippen LogP contribution in [0.25, 0.3) is 0 Å². The molecule has 0 spiro atoms. The first-order valence-electron chi connectivity index (χ1n) is 16.9. The van der Waals surface area contributed by atoms with E-state index in [-0.39, 0.29) is 32.9 Å². The lowest BCUT2D eigenvalue weighted by Crippen LogP contribution is -2.50. The van der Waals surface area contributed by atoms with Gasteiger partial charge in [-0.25, -0.2) is 0 Å². The Hall–Kier alpha value is -0.210. The molecule has 0 aliphatic rings. The van der Waals surface area contributed by atoms with Crippen molar-refractivity contribution in [3.05, 3.63) is 0 Å². The third kappa shape index (κ3) is 48.3. The molecule has 0 unspecified atom stereocenters. The van der Waals surface area contributed by atoms with Gasteiger partial charge in [0.25, 0.3) is 0 Å². The molecule has 0 saturated carbocycles. The van der Waals surface area contributed by atoms with E-state index in [9.17, 15) is 0 Å². The molecule has 13 heteroatoms. The van der Waals surface area contributed by atoms with E-state index in [1.54, 1.807) is 0 Å². The second-order valence-corrected chi connectivity index (χ2v) is 12.7. The zero-order valence-corrected chi connectivity index (χ0v) is 31.9. The average molecular weight is 689 g/mol. The molecule has 0 rings (SSSR count). The maximum atomic E-state index is 8.66. The summed E-state index contributed by atoms with van der Waals surface area (Å²) >= 11 is 0. The second-order valence-electron chi connectivity index (χ2n) is 11.8. The van der Waals surface area contributed by atoms with Gasteiger partial charge in [-0.3, -0.25) is 0 Å². The van der Waals surface area contributed by atoms with Gasteiger partial charge in [0.1, 0.15) is 0 Å². The third-order valence-corrected chi connectivity index (χ3v) is 7.89. The summed E-state index contributed by atoms with van der Waals surface area (Å²) in [5.74, 6) is 0. The quantitative estimate of drug-likeness (QED) is 0.118. The number of hydrogen-bond donors (Lipinski definition) is 1. The molecule has 45 heavy (non-hydrogen) atoms. The lowest BCUT2D eigenvalue weighted by atomic mass is 10.1. The standard InChI is InChI=1S/2C16H36N.H3O4P.6H2O/c2*1-5-9-13-17(14-10-6-2,15-11-7-3)16-12-8-4;1-5(2,3)4;;;;;;/h2*5-16H2,1-4H3;(H3,1,2,3,4);6*1H2/q2*+1;;;;;;;/p-2. The van der Waals surface area contributed by atoms with Crippen molar-refractivity contribution in [2.75, 3.05) is 52.4 Å². The monoisotopic (exact) mass is 689 g/mol. The van der Waals surface area contributed by atoms with E-state index in [1.165, 1.54) is 164 Å². The Morgan fingerprint density at radius 3 is 0.533 bits per heavy atom. The number of nitrogens with zero attached hydrogens (tertiary/aromatic N) is 2. The van der Waals surface area contributed by atoms with Gasteiger partial charge >= 0.3 is 0 Å². The fraction of sp³-hybridized carbons (Fsp3) is 1.00. The molecule has 0 saturated heterocycles. The van der Waals surface area contributed by atoms with Crippen LogP contribution in [0.4, 0.5) is 0 Å². The highest BCUT2D eigenvalue weighted by atomic mass is 31.2. The van der Waals surface area contributed by atoms with Crippen molar-refractivity contribution in [2.45, 2.75) is 158 Å². The molecule has 0 aromatic carbocycles. The van der Waals surface area contributed by atoms with Crippen molar-refractivity contribution >= 4 is 7.82 Å². The molecule has 12 nitrogen and oxygen atoms in total. The molecule has 13 N–H and O–H groups in total. The Morgan fingerprint density at radius 1 is 0.378 bits per heavy atom. The molecule has 0 heterocycles. The SMILES string of the molecule is CCCC[N+](CCCC)(CCCC)CCCC.CCCC[N+](CCCC)(CCCC)CCCC.O.O.O.O.O.O.O=P([O-])([O-])O. The first-order chi connectivity index (χ1) is 18.5. The molecule has 0 aromatic heterocycles. The van der Waals surface area contributed by atoms with Crippen LogP contribution in [-0.4, -0.2) is 99.1 Å². The minimum Gasteiger partial charge on any atom is -0.790 e. The molecule has 0 amide bonds. The number of phosphoric acid groups is 1. The van der Waals surface area contributed by atoms with E-state index in [0.717, 1.165) is 0 Å². The van der Waals surface area contributed by atoms with E-state index in [4.69, 9.17) is 19.2 Å². The topological polar surface area (TPSA) is 272 Å². The van der Waals surface area contributed by atoms with Gasteiger partial charge in [-0.05, 0) is 51.4 Å². The fourth-order valence-corrected chi connectivity index (χ4v) is 5.29. The minimum atomic E-state index is -5.14. The normalized spacial score (nSPS) is 10.4. The predicted molar refractivity (Wildman–Crippen MR) is 190 cm³/mol. The van der Waals surface area contributed by atoms with Crippen LogP contribution in [0.2, 0.25) is 0 Å². The van der Waals surface area contributed by atoms with Crippen LogP contribution in [-0.2, 0) is 4.57 Å². The summed E-state index contributed by atoms with van der Waals surface area (Å²) in [5, 5.41) is 0. The largest absolute Gasteiger partial charge is 0.790 e. The maximum absolute atomic E-state index is 8.66. The summed E-state index contributed by atoms with van der Waals surface area (Å²) < 4.78 is 11.5. The van der Waals surface area contributed by atoms with E-state index in [0.29, 0.717) is 0 Å². The molecule has 0 aromatic rings. The molecule has 0 bridgehead atoms. The summed E-state index contributed by atoms with van der Waals surface area (Å²) in [7, 11) is -5.14. The van der Waals surface area contributed by atoms with Crippen LogP contribution in [0.5, 0.6) is 0 Å². The smallest absolute Gasteiger partial charge is 0.0786 e. The van der Waals surface area contributed by atoms with Gasteiger partial charge in [0.05, 0.1) is 60.2 Å². The maximum Gasteiger partial charge on any atom is 0.0786 e. The Kier molecular flexibility index (Phi) is 68.4. The lowest BCUT2D eigenvalue weighted by molar-refractivity contribution is -0.929. The Balaban J connectivity index is -0.0000000639. The van der Waals surface area contributed by atoms with Crippen molar-refractivity contribution in [1.29, 1.82) is 0 Å². The van der Waals surface area contributed by atoms with Crippen LogP contribution in [0, 0.1) is 0 Å². The average Bonchev–Trinajstić information content (AvgIpc) is 2.91. The van der Waals surface area contributed by atoms with E-state index in [1.807, 2.05) is 0 Å². The van der Waals surface area contributed by atoms with Crippen molar-refractivity contribution in [3.8, 4) is 0 Å². The van der Waals surface area contributed by atoms with Gasteiger partial charge in [-0.15, -0.1) is 0 Å². The summed E-state index contributed by atoms with van der Waals surface area (Å²) in [6.45, 7) is 30.0. The van der Waals surface area contributed by atoms with Gasteiger partial charge in [-0.1, -0.05) is 107 Å². The highest BCUT2D eigenvalue weighted by Gasteiger charge is 2.25. The van der Waals surface area contributed by atoms with E-state index < -0.39 is 7.82 Å². The van der Waals surface area contributed by atoms with E-state index in [2.05, 4.69) is 55.4 Å². The molecule has 0 atom stereocenters. The molecule has 0 aliphatic heterocycles. The molecule has 288 valence electrons. The fourth-order valence-electron chi connectivity index (χ4n) is 5.29. The summed E-state index contributed by atoms with van der Waals surface area (Å²) in [4.78, 5) is 24.3. The van der Waals surface area contributed by atoms with Gasteiger partial charge in [0.15, 0.2) is 0 Å². The molecule has 0 aliphatic carbocycles. The van der Waals surface area contributed by atoms with Crippen molar-refractivity contribution in [1.82, 2.24) is 0 Å². The number of rotatable bonds is 24. The van der Waals surface area contributed by atoms with Crippen LogP contribution >= 0.6 is 7.82 Å². The minimum absolute atomic E-state index is 0. The number of quaternary nitrogens is 2. The van der Waals surface area contributed by atoms with Crippen molar-refractivity contribution in [3.63, 3.8) is 0 Å². The summed E-state index contributed by atoms with van der Waals surface area (Å²) in [6, 6.07) is 0. The van der Waals surface area contributed by atoms with Crippen molar-refractivity contribution < 1.29 is 61.1 Å². The first kappa shape index (κ1) is 67.1. The van der Waals surface area contributed by atoms with E-state index >= 15 is 0 Å². The third-order valence-electron chi connectivity index (χ3n) is 7.89. The Morgan fingerprint density at radius 2 is 0.467 bits per heavy atom. The van der Waals surface area contributed by atoms with Crippen LogP contribution in [0.1, 0.15) is 158 Å². The molecule has 0 radical (unpaired) electrons. The van der Waals surface area contributed by atoms with Gasteiger partial charge in [0, 0.05) is 0 Å². The Labute approximate surface area is 279 Å². The molecular weight excluding hydrogens is 603 g/mol. The lowest BCUT2D eigenvalue weighted by Gasteiger charge is -2.39. The van der Waals surface area contributed by atoms with Crippen LogP contribution in [0.3, 0.4) is 0 Å². The summed E-state index contributed by atoms with van der Waals surface area (Å²) in [6.07, 6.45) is 22.1.